The number of phenols is 1. The fraction of sp³-hybridized carbons (Fsp3) is 0.0870. The van der Waals surface area contributed by atoms with E-state index in [9.17, 15) is 14.7 Å². The summed E-state index contributed by atoms with van der Waals surface area (Å²) in [5.41, 5.74) is 2.51. The minimum Gasteiger partial charge on any atom is -0.508 e. The molecule has 4 aromatic rings. The van der Waals surface area contributed by atoms with Crippen LogP contribution in [0.15, 0.2) is 77.6 Å². The number of ketones is 1. The number of phenolic OH excluding ortho intramolecular Hbond substituents is 1. The lowest BCUT2D eigenvalue weighted by Gasteiger charge is -2.12. The van der Waals surface area contributed by atoms with Crippen molar-refractivity contribution in [3.05, 3.63) is 106 Å². The van der Waals surface area contributed by atoms with Gasteiger partial charge in [-0.2, -0.15) is 0 Å². The summed E-state index contributed by atoms with van der Waals surface area (Å²) in [6.45, 7) is 1.96. The number of nitrogens with one attached hydrogen (secondary N) is 1. The number of carbonyl (C=O) groups is 1. The normalized spacial score (nSPS) is 12.0. The van der Waals surface area contributed by atoms with Gasteiger partial charge in [0.2, 0.25) is 0 Å². The van der Waals surface area contributed by atoms with Crippen molar-refractivity contribution in [3.63, 3.8) is 0 Å². The van der Waals surface area contributed by atoms with Crippen molar-refractivity contribution < 1.29 is 9.90 Å². The Morgan fingerprint density at radius 2 is 1.54 bits per heavy atom. The van der Waals surface area contributed by atoms with Crippen LogP contribution in [0.1, 0.15) is 40.2 Å². The van der Waals surface area contributed by atoms with Crippen LogP contribution in [0, 0.1) is 0 Å². The third kappa shape index (κ3) is 3.30. The minimum atomic E-state index is -0.161. The molecule has 1 atom stereocenters. The van der Waals surface area contributed by atoms with Gasteiger partial charge in [-0.3, -0.25) is 9.59 Å². The first-order chi connectivity index (χ1) is 13.5. The number of para-hydroxylation sites is 1. The largest absolute Gasteiger partial charge is 0.508 e. The lowest BCUT2D eigenvalue weighted by molar-refractivity contribution is 0.103. The van der Waals surface area contributed by atoms with E-state index >= 15 is 0 Å². The van der Waals surface area contributed by atoms with Gasteiger partial charge in [-0.15, -0.1) is 0 Å². The van der Waals surface area contributed by atoms with Gasteiger partial charge in [-0.1, -0.05) is 43.3 Å². The maximum absolute atomic E-state index is 12.6. The van der Waals surface area contributed by atoms with Gasteiger partial charge < -0.3 is 10.1 Å². The summed E-state index contributed by atoms with van der Waals surface area (Å²) in [5.74, 6) is 0.463. The predicted molar refractivity (Wildman–Crippen MR) is 108 cm³/mol. The molecule has 0 spiro atoms. The number of aromatic amines is 1. The van der Waals surface area contributed by atoms with E-state index in [1.807, 2.05) is 37.3 Å². The topological polar surface area (TPSA) is 83.0 Å². The van der Waals surface area contributed by atoms with Crippen molar-refractivity contribution in [1.82, 2.24) is 9.97 Å². The fourth-order valence-electron chi connectivity index (χ4n) is 3.17. The summed E-state index contributed by atoms with van der Waals surface area (Å²) in [5, 5.41) is 9.92. The lowest BCUT2D eigenvalue weighted by Crippen LogP contribution is -2.14. The number of hydrogen-bond donors (Lipinski definition) is 2. The SMILES string of the molecule is CC(c1ccc(C(=O)c2ccc(O)cc2)cc1)c1nc2ccccc2c(=O)[nH]1. The van der Waals surface area contributed by atoms with E-state index in [0.717, 1.165) is 5.56 Å². The molecule has 0 fully saturated rings. The third-order valence-electron chi connectivity index (χ3n) is 4.84. The van der Waals surface area contributed by atoms with E-state index < -0.39 is 0 Å². The average molecular weight is 370 g/mol. The number of aromatic nitrogens is 2. The van der Waals surface area contributed by atoms with Gasteiger partial charge in [-0.05, 0) is 42.0 Å². The molecule has 0 saturated heterocycles. The Hall–Kier alpha value is -3.73. The van der Waals surface area contributed by atoms with Gasteiger partial charge in [0, 0.05) is 17.0 Å². The van der Waals surface area contributed by atoms with Crippen molar-refractivity contribution >= 4 is 16.7 Å². The number of fused-ring (bicyclic) bond motifs is 1. The molecule has 0 saturated carbocycles. The lowest BCUT2D eigenvalue weighted by atomic mass is 9.96. The Morgan fingerprint density at radius 1 is 0.929 bits per heavy atom. The maximum Gasteiger partial charge on any atom is 0.258 e. The molecule has 1 aromatic heterocycles. The minimum absolute atomic E-state index is 0.114. The Labute approximate surface area is 161 Å². The highest BCUT2D eigenvalue weighted by Gasteiger charge is 2.15. The molecule has 0 aliphatic carbocycles. The fourth-order valence-corrected chi connectivity index (χ4v) is 3.17. The molecule has 1 heterocycles. The number of nitrogens with zero attached hydrogens (tertiary/aromatic N) is 1. The highest BCUT2D eigenvalue weighted by molar-refractivity contribution is 6.09. The molecular formula is C23H18N2O3. The standard InChI is InChI=1S/C23H18N2O3/c1-14(22-24-20-5-3-2-4-19(20)23(28)25-22)15-6-8-16(9-7-15)21(27)17-10-12-18(26)13-11-17/h2-14,26H,1H3,(H,24,25,28). The molecule has 0 aliphatic rings. The number of H-pyrrole nitrogens is 1. The molecule has 5 heteroatoms. The molecule has 0 amide bonds. The first-order valence-electron chi connectivity index (χ1n) is 8.95. The first-order valence-corrected chi connectivity index (χ1v) is 8.95. The summed E-state index contributed by atoms with van der Waals surface area (Å²) in [6.07, 6.45) is 0. The zero-order chi connectivity index (χ0) is 19.7. The third-order valence-corrected chi connectivity index (χ3v) is 4.84. The van der Waals surface area contributed by atoms with Crippen LogP contribution in [-0.4, -0.2) is 20.9 Å². The number of benzene rings is 3. The quantitative estimate of drug-likeness (QED) is 0.532. The predicted octanol–water partition coefficient (Wildman–Crippen LogP) is 4.01. The molecule has 0 bridgehead atoms. The number of aromatic hydroxyl groups is 1. The summed E-state index contributed by atoms with van der Waals surface area (Å²) in [6, 6.07) is 20.7. The van der Waals surface area contributed by atoms with Gasteiger partial charge in [0.15, 0.2) is 5.78 Å². The van der Waals surface area contributed by atoms with E-state index in [0.29, 0.717) is 27.9 Å². The van der Waals surface area contributed by atoms with Crippen LogP contribution in [-0.2, 0) is 0 Å². The highest BCUT2D eigenvalue weighted by Crippen LogP contribution is 2.23. The second-order valence-electron chi connectivity index (χ2n) is 6.69. The van der Waals surface area contributed by atoms with Crippen LogP contribution in [0.25, 0.3) is 10.9 Å². The summed E-state index contributed by atoms with van der Waals surface area (Å²) < 4.78 is 0. The van der Waals surface area contributed by atoms with Crippen LogP contribution in [0.5, 0.6) is 5.75 Å². The Bertz CT molecular complexity index is 1210. The van der Waals surface area contributed by atoms with Crippen LogP contribution >= 0.6 is 0 Å². The molecular weight excluding hydrogens is 352 g/mol. The van der Waals surface area contributed by atoms with Crippen LogP contribution < -0.4 is 5.56 Å². The van der Waals surface area contributed by atoms with Crippen molar-refractivity contribution in [3.8, 4) is 5.75 Å². The van der Waals surface area contributed by atoms with Gasteiger partial charge in [0.25, 0.3) is 5.56 Å². The molecule has 0 radical (unpaired) electrons. The van der Waals surface area contributed by atoms with E-state index in [1.54, 1.807) is 30.3 Å². The molecule has 2 N–H and O–H groups in total. The van der Waals surface area contributed by atoms with Crippen molar-refractivity contribution in [2.45, 2.75) is 12.8 Å². The van der Waals surface area contributed by atoms with Gasteiger partial charge in [-0.25, -0.2) is 4.98 Å². The first kappa shape index (κ1) is 17.7. The van der Waals surface area contributed by atoms with Crippen molar-refractivity contribution in [1.29, 1.82) is 0 Å². The van der Waals surface area contributed by atoms with Gasteiger partial charge in [0.1, 0.15) is 11.6 Å². The Kier molecular flexibility index (Phi) is 4.49. The van der Waals surface area contributed by atoms with Crippen molar-refractivity contribution in [2.75, 3.05) is 0 Å². The second-order valence-corrected chi connectivity index (χ2v) is 6.69. The summed E-state index contributed by atoms with van der Waals surface area (Å²) in [7, 11) is 0. The molecule has 4 rings (SSSR count). The average Bonchev–Trinajstić information content (AvgIpc) is 2.73. The smallest absolute Gasteiger partial charge is 0.258 e. The zero-order valence-corrected chi connectivity index (χ0v) is 15.2. The molecule has 3 aromatic carbocycles. The number of rotatable bonds is 4. The Morgan fingerprint density at radius 3 is 2.21 bits per heavy atom. The van der Waals surface area contributed by atoms with E-state index in [4.69, 9.17) is 0 Å². The number of hydrogen-bond acceptors (Lipinski definition) is 4. The second kappa shape index (κ2) is 7.12. The zero-order valence-electron chi connectivity index (χ0n) is 15.2. The monoisotopic (exact) mass is 370 g/mol. The maximum atomic E-state index is 12.6. The van der Waals surface area contributed by atoms with Crippen LogP contribution in [0.4, 0.5) is 0 Å². The van der Waals surface area contributed by atoms with Gasteiger partial charge in [0.05, 0.1) is 10.9 Å². The highest BCUT2D eigenvalue weighted by atomic mass is 16.3. The number of carbonyl (C=O) groups excluding carboxylic acids is 1. The molecule has 5 nitrogen and oxygen atoms in total. The molecule has 28 heavy (non-hydrogen) atoms. The van der Waals surface area contributed by atoms with E-state index in [2.05, 4.69) is 9.97 Å². The Balaban J connectivity index is 1.62. The van der Waals surface area contributed by atoms with Crippen LogP contribution in [0.3, 0.4) is 0 Å². The van der Waals surface area contributed by atoms with Crippen LogP contribution in [0.2, 0.25) is 0 Å². The molecule has 138 valence electrons. The van der Waals surface area contributed by atoms with E-state index in [-0.39, 0.29) is 23.0 Å². The molecule has 1 unspecified atom stereocenters. The van der Waals surface area contributed by atoms with Crippen molar-refractivity contribution in [2.24, 2.45) is 0 Å². The van der Waals surface area contributed by atoms with E-state index in [1.165, 1.54) is 12.1 Å². The van der Waals surface area contributed by atoms with Gasteiger partial charge >= 0.3 is 0 Å². The summed E-state index contributed by atoms with van der Waals surface area (Å²) in [4.78, 5) is 32.3. The summed E-state index contributed by atoms with van der Waals surface area (Å²) >= 11 is 0. The molecule has 0 aliphatic heterocycles.